The van der Waals surface area contributed by atoms with Crippen molar-refractivity contribution in [1.82, 2.24) is 0 Å². The summed E-state index contributed by atoms with van der Waals surface area (Å²) in [6, 6.07) is 11.2. The van der Waals surface area contributed by atoms with Crippen molar-refractivity contribution in [2.45, 2.75) is 24.4 Å². The molecular weight excluding hydrogens is 440 g/mol. The highest BCUT2D eigenvalue weighted by atomic mass is 16.7. The standard InChI is InChI=1S/C26H30O8/c1-15(27)34-21-14-18(24(30-4)16-10-8-12-19(28-2)22(16)21)25(31-5)23-17(26(25,32-6)33-7)11-9-13-20(23)29-3/h8-14,18,24H,1-7H3/t18-,24+,25?/m0/s1. The Balaban J connectivity index is 2.05. The number of fused-ring (bicyclic) bond motifs is 2. The molecule has 2 aliphatic rings. The zero-order valence-electron chi connectivity index (χ0n) is 20.5. The van der Waals surface area contributed by atoms with Crippen molar-refractivity contribution in [3.8, 4) is 11.5 Å². The quantitative estimate of drug-likeness (QED) is 0.424. The molecule has 0 heterocycles. The van der Waals surface area contributed by atoms with Gasteiger partial charge in [0.2, 0.25) is 5.79 Å². The van der Waals surface area contributed by atoms with E-state index >= 15 is 0 Å². The number of ether oxygens (including phenoxy) is 7. The first-order valence-corrected chi connectivity index (χ1v) is 10.8. The fourth-order valence-corrected chi connectivity index (χ4v) is 5.62. The van der Waals surface area contributed by atoms with E-state index in [1.807, 2.05) is 42.5 Å². The van der Waals surface area contributed by atoms with E-state index in [1.54, 1.807) is 42.7 Å². The third-order valence-corrected chi connectivity index (χ3v) is 6.82. The molecule has 8 heteroatoms. The molecule has 34 heavy (non-hydrogen) atoms. The number of rotatable bonds is 8. The van der Waals surface area contributed by atoms with Crippen molar-refractivity contribution in [1.29, 1.82) is 0 Å². The van der Waals surface area contributed by atoms with Crippen LogP contribution in [-0.4, -0.2) is 48.6 Å². The Hall–Kier alpha value is -2.91. The van der Waals surface area contributed by atoms with E-state index in [1.165, 1.54) is 6.92 Å². The molecule has 0 saturated carbocycles. The van der Waals surface area contributed by atoms with Crippen LogP contribution in [0.15, 0.2) is 42.5 Å². The first kappa shape index (κ1) is 24.2. The number of esters is 1. The topological polar surface area (TPSA) is 81.7 Å². The van der Waals surface area contributed by atoms with Gasteiger partial charge in [-0.15, -0.1) is 0 Å². The first-order chi connectivity index (χ1) is 16.4. The monoisotopic (exact) mass is 470 g/mol. The fourth-order valence-electron chi connectivity index (χ4n) is 5.62. The second-order valence-electron chi connectivity index (χ2n) is 8.08. The summed E-state index contributed by atoms with van der Waals surface area (Å²) in [5.74, 6) is -0.743. The first-order valence-electron chi connectivity index (χ1n) is 10.8. The second-order valence-corrected chi connectivity index (χ2v) is 8.08. The summed E-state index contributed by atoms with van der Waals surface area (Å²) in [5.41, 5.74) is 1.79. The maximum Gasteiger partial charge on any atom is 0.308 e. The fraction of sp³-hybridized carbons (Fsp3) is 0.423. The highest BCUT2D eigenvalue weighted by Gasteiger charge is 2.72. The van der Waals surface area contributed by atoms with E-state index in [2.05, 4.69) is 0 Å². The summed E-state index contributed by atoms with van der Waals surface area (Å²) in [7, 11) is 9.52. The van der Waals surface area contributed by atoms with Crippen LogP contribution < -0.4 is 9.47 Å². The van der Waals surface area contributed by atoms with Gasteiger partial charge >= 0.3 is 5.97 Å². The number of carbonyl (C=O) groups is 1. The molecular formula is C26H30O8. The molecule has 2 aromatic carbocycles. The van der Waals surface area contributed by atoms with Crippen molar-refractivity contribution in [2.24, 2.45) is 5.92 Å². The van der Waals surface area contributed by atoms with Gasteiger partial charge in [-0.05, 0) is 23.8 Å². The van der Waals surface area contributed by atoms with Crippen LogP contribution >= 0.6 is 0 Å². The minimum atomic E-state index is -1.28. The maximum atomic E-state index is 12.1. The van der Waals surface area contributed by atoms with Crippen LogP contribution in [0, 0.1) is 5.92 Å². The lowest BCUT2D eigenvalue weighted by atomic mass is 9.57. The predicted octanol–water partition coefficient (Wildman–Crippen LogP) is 3.93. The van der Waals surface area contributed by atoms with Crippen LogP contribution in [0.25, 0.3) is 5.76 Å². The van der Waals surface area contributed by atoms with Gasteiger partial charge in [-0.3, -0.25) is 4.79 Å². The van der Waals surface area contributed by atoms with Gasteiger partial charge in [-0.1, -0.05) is 24.3 Å². The number of hydrogen-bond donors (Lipinski definition) is 0. The zero-order valence-corrected chi connectivity index (χ0v) is 20.5. The molecule has 0 aliphatic heterocycles. The number of methoxy groups -OCH3 is 6. The molecule has 0 saturated heterocycles. The van der Waals surface area contributed by atoms with Crippen LogP contribution in [0.3, 0.4) is 0 Å². The summed E-state index contributed by atoms with van der Waals surface area (Å²) in [5, 5.41) is 0. The average molecular weight is 471 g/mol. The largest absolute Gasteiger partial charge is 0.496 e. The molecule has 0 amide bonds. The Morgan fingerprint density at radius 3 is 2.06 bits per heavy atom. The zero-order chi connectivity index (χ0) is 24.7. The number of benzene rings is 2. The van der Waals surface area contributed by atoms with Crippen molar-refractivity contribution in [3.63, 3.8) is 0 Å². The Morgan fingerprint density at radius 1 is 0.853 bits per heavy atom. The van der Waals surface area contributed by atoms with E-state index in [4.69, 9.17) is 33.2 Å². The minimum Gasteiger partial charge on any atom is -0.496 e. The Bertz CT molecular complexity index is 1120. The molecule has 0 bridgehead atoms. The molecule has 1 unspecified atom stereocenters. The van der Waals surface area contributed by atoms with Gasteiger partial charge in [-0.2, -0.15) is 0 Å². The lowest BCUT2D eigenvalue weighted by Gasteiger charge is -2.60. The van der Waals surface area contributed by atoms with Crippen molar-refractivity contribution in [3.05, 3.63) is 64.7 Å². The molecule has 8 nitrogen and oxygen atoms in total. The van der Waals surface area contributed by atoms with Gasteiger partial charge in [0.05, 0.1) is 31.8 Å². The van der Waals surface area contributed by atoms with Gasteiger partial charge in [0.25, 0.3) is 0 Å². The minimum absolute atomic E-state index is 0.346. The van der Waals surface area contributed by atoms with E-state index in [-0.39, 0.29) is 0 Å². The lowest BCUT2D eigenvalue weighted by molar-refractivity contribution is -0.367. The van der Waals surface area contributed by atoms with Crippen molar-refractivity contribution in [2.75, 3.05) is 42.7 Å². The summed E-state index contributed by atoms with van der Waals surface area (Å²) in [4.78, 5) is 12.1. The molecule has 0 radical (unpaired) electrons. The third-order valence-electron chi connectivity index (χ3n) is 6.82. The third kappa shape index (κ3) is 3.03. The van der Waals surface area contributed by atoms with Gasteiger partial charge in [0, 0.05) is 46.5 Å². The smallest absolute Gasteiger partial charge is 0.308 e. The molecule has 0 N–H and O–H groups in total. The molecule has 0 fully saturated rings. The molecule has 4 rings (SSSR count). The van der Waals surface area contributed by atoms with Crippen molar-refractivity contribution >= 4 is 11.7 Å². The Kier molecular flexibility index (Phi) is 6.44. The van der Waals surface area contributed by atoms with Crippen LogP contribution in [0.1, 0.15) is 35.3 Å². The summed E-state index contributed by atoms with van der Waals surface area (Å²) >= 11 is 0. The molecule has 0 aromatic heterocycles. The van der Waals surface area contributed by atoms with Crippen LogP contribution in [0.4, 0.5) is 0 Å². The molecule has 3 atom stereocenters. The van der Waals surface area contributed by atoms with Gasteiger partial charge < -0.3 is 33.2 Å². The van der Waals surface area contributed by atoms with Crippen LogP contribution in [0.5, 0.6) is 11.5 Å². The second kappa shape index (κ2) is 9.03. The van der Waals surface area contributed by atoms with E-state index < -0.39 is 29.4 Å². The van der Waals surface area contributed by atoms with Gasteiger partial charge in [-0.25, -0.2) is 0 Å². The van der Waals surface area contributed by atoms with E-state index in [9.17, 15) is 4.79 Å². The SMILES string of the molecule is COc1cccc2c1C(OC(C)=O)=C[C@H](C1(OC)c3c(OC)cccc3C1(OC)OC)[C@@H]2OC. The molecule has 2 aromatic rings. The summed E-state index contributed by atoms with van der Waals surface area (Å²) in [6.45, 7) is 1.36. The summed E-state index contributed by atoms with van der Waals surface area (Å²) < 4.78 is 41.4. The summed E-state index contributed by atoms with van der Waals surface area (Å²) in [6.07, 6.45) is 1.30. The lowest BCUT2D eigenvalue weighted by Crippen LogP contribution is -2.66. The Morgan fingerprint density at radius 2 is 1.50 bits per heavy atom. The molecule has 0 spiro atoms. The number of hydrogen-bond acceptors (Lipinski definition) is 8. The van der Waals surface area contributed by atoms with Gasteiger partial charge in [0.1, 0.15) is 17.3 Å². The Labute approximate surface area is 199 Å². The predicted molar refractivity (Wildman–Crippen MR) is 123 cm³/mol. The highest BCUT2D eigenvalue weighted by molar-refractivity contribution is 5.81. The highest BCUT2D eigenvalue weighted by Crippen LogP contribution is 2.67. The van der Waals surface area contributed by atoms with Crippen LogP contribution in [0.2, 0.25) is 0 Å². The maximum absolute atomic E-state index is 12.1. The van der Waals surface area contributed by atoms with E-state index in [0.29, 0.717) is 22.8 Å². The van der Waals surface area contributed by atoms with Crippen LogP contribution in [-0.2, 0) is 39.9 Å². The van der Waals surface area contributed by atoms with Gasteiger partial charge in [0.15, 0.2) is 5.60 Å². The molecule has 2 aliphatic carbocycles. The normalized spacial score (nSPS) is 24.3. The average Bonchev–Trinajstić information content (AvgIpc) is 2.85. The molecule has 182 valence electrons. The van der Waals surface area contributed by atoms with E-state index in [0.717, 1.165) is 16.7 Å². The van der Waals surface area contributed by atoms with Crippen molar-refractivity contribution < 1.29 is 38.0 Å². The number of carbonyl (C=O) groups excluding carboxylic acids is 1.